The standard InChI is InChI=1S/C24H22N6O2/c1-16-15-18(10-11-20(16)30-24(31)28-17-7-4-3-5-8-17)32-22-19(9-6-13-26-22)21-12-14-27-23(25-2)29-21/h3-15H,1-2H3,(H,25,27,29)(H2,28,30,31). The van der Waals surface area contributed by atoms with E-state index in [0.717, 1.165) is 16.8 Å². The van der Waals surface area contributed by atoms with Crippen molar-refractivity contribution in [2.24, 2.45) is 0 Å². The molecule has 0 aliphatic heterocycles. The minimum atomic E-state index is -0.316. The summed E-state index contributed by atoms with van der Waals surface area (Å²) in [6.07, 6.45) is 3.34. The summed E-state index contributed by atoms with van der Waals surface area (Å²) in [6, 6.07) is 19.9. The highest BCUT2D eigenvalue weighted by Crippen LogP contribution is 2.32. The molecule has 4 aromatic rings. The number of amides is 2. The summed E-state index contributed by atoms with van der Waals surface area (Å²) in [5, 5.41) is 8.58. The summed E-state index contributed by atoms with van der Waals surface area (Å²) in [5.41, 5.74) is 3.69. The maximum Gasteiger partial charge on any atom is 0.323 e. The molecule has 0 spiro atoms. The van der Waals surface area contributed by atoms with Crippen molar-refractivity contribution in [1.82, 2.24) is 15.0 Å². The van der Waals surface area contributed by atoms with Gasteiger partial charge in [0, 0.05) is 30.8 Å². The van der Waals surface area contributed by atoms with Crippen molar-refractivity contribution < 1.29 is 9.53 Å². The van der Waals surface area contributed by atoms with E-state index in [2.05, 4.69) is 30.9 Å². The van der Waals surface area contributed by atoms with Crippen LogP contribution < -0.4 is 20.7 Å². The quantitative estimate of drug-likeness (QED) is 0.385. The molecule has 0 saturated carbocycles. The van der Waals surface area contributed by atoms with Crippen LogP contribution in [0.3, 0.4) is 0 Å². The Morgan fingerprint density at radius 3 is 2.53 bits per heavy atom. The third-order valence-electron chi connectivity index (χ3n) is 4.62. The van der Waals surface area contributed by atoms with Gasteiger partial charge in [-0.1, -0.05) is 18.2 Å². The first-order valence-corrected chi connectivity index (χ1v) is 10.00. The largest absolute Gasteiger partial charge is 0.438 e. The molecule has 160 valence electrons. The maximum atomic E-state index is 12.3. The molecule has 2 heterocycles. The highest BCUT2D eigenvalue weighted by atomic mass is 16.5. The molecule has 4 rings (SSSR count). The van der Waals surface area contributed by atoms with Crippen LogP contribution in [0.25, 0.3) is 11.3 Å². The third-order valence-corrected chi connectivity index (χ3v) is 4.62. The fourth-order valence-electron chi connectivity index (χ4n) is 3.05. The van der Waals surface area contributed by atoms with Crippen molar-refractivity contribution in [3.05, 3.63) is 84.7 Å². The van der Waals surface area contributed by atoms with Gasteiger partial charge in [0.25, 0.3) is 0 Å². The van der Waals surface area contributed by atoms with E-state index in [1.165, 1.54) is 0 Å². The molecule has 32 heavy (non-hydrogen) atoms. The highest BCUT2D eigenvalue weighted by Gasteiger charge is 2.12. The zero-order chi connectivity index (χ0) is 22.3. The Morgan fingerprint density at radius 1 is 0.906 bits per heavy atom. The number of aryl methyl sites for hydroxylation is 1. The van der Waals surface area contributed by atoms with Crippen molar-refractivity contribution in [3.63, 3.8) is 0 Å². The summed E-state index contributed by atoms with van der Waals surface area (Å²) in [5.74, 6) is 1.53. The average Bonchev–Trinajstić information content (AvgIpc) is 2.82. The number of rotatable bonds is 6. The van der Waals surface area contributed by atoms with Crippen LogP contribution in [-0.2, 0) is 0 Å². The second-order valence-electron chi connectivity index (χ2n) is 6.90. The summed E-state index contributed by atoms with van der Waals surface area (Å²) >= 11 is 0. The number of ether oxygens (including phenoxy) is 1. The van der Waals surface area contributed by atoms with Gasteiger partial charge in [0.2, 0.25) is 11.8 Å². The van der Waals surface area contributed by atoms with E-state index in [4.69, 9.17) is 4.74 Å². The number of hydrogen-bond acceptors (Lipinski definition) is 6. The van der Waals surface area contributed by atoms with Gasteiger partial charge in [-0.3, -0.25) is 0 Å². The number of anilines is 3. The zero-order valence-corrected chi connectivity index (χ0v) is 17.7. The van der Waals surface area contributed by atoms with E-state index in [9.17, 15) is 4.79 Å². The van der Waals surface area contributed by atoms with Gasteiger partial charge < -0.3 is 20.7 Å². The SMILES string of the molecule is CNc1nccc(-c2cccnc2Oc2ccc(NC(=O)Nc3ccccc3)c(C)c2)n1. The predicted molar refractivity (Wildman–Crippen MR) is 125 cm³/mol. The van der Waals surface area contributed by atoms with Crippen molar-refractivity contribution in [3.8, 4) is 22.9 Å². The molecule has 0 aliphatic carbocycles. The number of carbonyl (C=O) groups is 1. The van der Waals surface area contributed by atoms with Crippen LogP contribution in [0.15, 0.2) is 79.1 Å². The van der Waals surface area contributed by atoms with Crippen molar-refractivity contribution >= 4 is 23.4 Å². The molecule has 0 unspecified atom stereocenters. The number of nitrogens with one attached hydrogen (secondary N) is 3. The second kappa shape index (κ2) is 9.57. The number of urea groups is 1. The first-order valence-electron chi connectivity index (χ1n) is 10.00. The van der Waals surface area contributed by atoms with Crippen LogP contribution in [0, 0.1) is 6.92 Å². The lowest BCUT2D eigenvalue weighted by atomic mass is 10.2. The number of para-hydroxylation sites is 1. The third kappa shape index (κ3) is 4.99. The van der Waals surface area contributed by atoms with Crippen LogP contribution in [0.2, 0.25) is 0 Å². The number of hydrogen-bond donors (Lipinski definition) is 3. The van der Waals surface area contributed by atoms with E-state index in [1.807, 2.05) is 55.5 Å². The van der Waals surface area contributed by atoms with Crippen LogP contribution in [0.1, 0.15) is 5.56 Å². The molecule has 8 nitrogen and oxygen atoms in total. The maximum absolute atomic E-state index is 12.3. The van der Waals surface area contributed by atoms with Crippen molar-refractivity contribution in [2.45, 2.75) is 6.92 Å². The number of nitrogens with zero attached hydrogens (tertiary/aromatic N) is 3. The molecule has 0 saturated heterocycles. The van der Waals surface area contributed by atoms with Gasteiger partial charge in [-0.15, -0.1) is 0 Å². The fourth-order valence-corrected chi connectivity index (χ4v) is 3.05. The summed E-state index contributed by atoms with van der Waals surface area (Å²) in [6.45, 7) is 1.90. The van der Waals surface area contributed by atoms with Gasteiger partial charge in [0.1, 0.15) is 5.75 Å². The lowest BCUT2D eigenvalue weighted by molar-refractivity contribution is 0.262. The number of carbonyl (C=O) groups excluding carboxylic acids is 1. The molecule has 8 heteroatoms. The van der Waals surface area contributed by atoms with Gasteiger partial charge >= 0.3 is 6.03 Å². The average molecular weight is 426 g/mol. The van der Waals surface area contributed by atoms with E-state index >= 15 is 0 Å². The molecule has 0 fully saturated rings. The van der Waals surface area contributed by atoms with Crippen molar-refractivity contribution in [1.29, 1.82) is 0 Å². The lowest BCUT2D eigenvalue weighted by Crippen LogP contribution is -2.19. The summed E-state index contributed by atoms with van der Waals surface area (Å²) < 4.78 is 6.05. The Hall–Kier alpha value is -4.46. The summed E-state index contributed by atoms with van der Waals surface area (Å²) in [7, 11) is 1.76. The smallest absolute Gasteiger partial charge is 0.323 e. The fraction of sp³-hybridized carbons (Fsp3) is 0.0833. The normalized spacial score (nSPS) is 10.3. The van der Waals surface area contributed by atoms with Gasteiger partial charge in [0.05, 0.1) is 11.3 Å². The molecule has 2 aromatic carbocycles. The topological polar surface area (TPSA) is 101 Å². The van der Waals surface area contributed by atoms with E-state index in [1.54, 1.807) is 37.6 Å². The molecular weight excluding hydrogens is 404 g/mol. The van der Waals surface area contributed by atoms with E-state index in [-0.39, 0.29) is 6.03 Å². The van der Waals surface area contributed by atoms with Crippen LogP contribution in [0.5, 0.6) is 11.6 Å². The Kier molecular flexibility index (Phi) is 6.22. The van der Waals surface area contributed by atoms with Gasteiger partial charge in [0.15, 0.2) is 0 Å². The monoisotopic (exact) mass is 426 g/mol. The van der Waals surface area contributed by atoms with Gasteiger partial charge in [-0.05, 0) is 61.0 Å². The Balaban J connectivity index is 1.50. The van der Waals surface area contributed by atoms with Crippen LogP contribution >= 0.6 is 0 Å². The minimum absolute atomic E-state index is 0.316. The van der Waals surface area contributed by atoms with Gasteiger partial charge in [-0.25, -0.2) is 19.7 Å². The first-order chi connectivity index (χ1) is 15.6. The molecule has 2 aromatic heterocycles. The first kappa shape index (κ1) is 20.8. The Bertz CT molecular complexity index is 1230. The predicted octanol–water partition coefficient (Wildman–Crippen LogP) is 5.33. The molecule has 0 radical (unpaired) electrons. The lowest BCUT2D eigenvalue weighted by Gasteiger charge is -2.13. The molecule has 0 aliphatic rings. The number of benzene rings is 2. The molecule has 0 atom stereocenters. The minimum Gasteiger partial charge on any atom is -0.438 e. The van der Waals surface area contributed by atoms with Crippen LogP contribution in [-0.4, -0.2) is 28.0 Å². The highest BCUT2D eigenvalue weighted by molar-refractivity contribution is 6.00. The number of aromatic nitrogens is 3. The van der Waals surface area contributed by atoms with Crippen LogP contribution in [0.4, 0.5) is 22.1 Å². The summed E-state index contributed by atoms with van der Waals surface area (Å²) in [4.78, 5) is 25.3. The Labute approximate surface area is 185 Å². The molecular formula is C24H22N6O2. The Morgan fingerprint density at radius 2 is 1.75 bits per heavy atom. The molecule has 2 amide bonds. The number of pyridine rings is 1. The van der Waals surface area contributed by atoms with Gasteiger partial charge in [-0.2, -0.15) is 0 Å². The zero-order valence-electron chi connectivity index (χ0n) is 17.7. The molecule has 3 N–H and O–H groups in total. The van der Waals surface area contributed by atoms with Crippen molar-refractivity contribution in [2.75, 3.05) is 23.0 Å². The second-order valence-corrected chi connectivity index (χ2v) is 6.90. The van der Waals surface area contributed by atoms with E-state index in [0.29, 0.717) is 29.0 Å². The van der Waals surface area contributed by atoms with E-state index < -0.39 is 0 Å². The molecule has 0 bridgehead atoms.